The first kappa shape index (κ1) is 18.1. The van der Waals surface area contributed by atoms with E-state index in [1.54, 1.807) is 7.11 Å². The van der Waals surface area contributed by atoms with Gasteiger partial charge in [-0.3, -0.25) is 4.79 Å². The van der Waals surface area contributed by atoms with Crippen molar-refractivity contribution in [2.45, 2.75) is 6.42 Å². The van der Waals surface area contributed by atoms with Crippen LogP contribution in [0.15, 0.2) is 48.5 Å². The van der Waals surface area contributed by atoms with Gasteiger partial charge in [0.2, 0.25) is 5.91 Å². The highest BCUT2D eigenvalue weighted by Crippen LogP contribution is 2.31. The van der Waals surface area contributed by atoms with Crippen molar-refractivity contribution in [1.82, 2.24) is 5.32 Å². The van der Waals surface area contributed by atoms with Gasteiger partial charge in [-0.1, -0.05) is 12.1 Å². The smallest absolute Gasteiger partial charge is 0.228 e. The zero-order valence-electron chi connectivity index (χ0n) is 13.5. The molecule has 0 spiro atoms. The second kappa shape index (κ2) is 8.57. The van der Waals surface area contributed by atoms with Crippen LogP contribution in [-0.4, -0.2) is 26.1 Å². The fourth-order valence-electron chi connectivity index (χ4n) is 2.56. The molecule has 1 aliphatic heterocycles. The highest BCUT2D eigenvalue weighted by molar-refractivity contribution is 5.92. The Balaban J connectivity index is 0.00000208. The fourth-order valence-corrected chi connectivity index (χ4v) is 2.56. The molecule has 0 saturated carbocycles. The molecule has 1 unspecified atom stereocenters. The average Bonchev–Trinajstić information content (AvgIpc) is 3.12. The van der Waals surface area contributed by atoms with Gasteiger partial charge >= 0.3 is 0 Å². The number of hydrogen-bond acceptors (Lipinski definition) is 4. The van der Waals surface area contributed by atoms with Crippen molar-refractivity contribution in [1.29, 1.82) is 0 Å². The molecule has 2 aromatic rings. The Kier molecular flexibility index (Phi) is 6.46. The number of benzene rings is 2. The molecule has 6 heteroatoms. The minimum atomic E-state index is 0. The van der Waals surface area contributed by atoms with Gasteiger partial charge < -0.3 is 20.1 Å². The van der Waals surface area contributed by atoms with Crippen molar-refractivity contribution in [2.24, 2.45) is 5.92 Å². The molecule has 3 rings (SSSR count). The zero-order chi connectivity index (χ0) is 16.1. The number of para-hydroxylation sites is 2. The van der Waals surface area contributed by atoms with Gasteiger partial charge in [0, 0.05) is 12.2 Å². The molecular weight excluding hydrogens is 328 g/mol. The van der Waals surface area contributed by atoms with E-state index in [1.807, 2.05) is 48.5 Å². The molecule has 1 heterocycles. The quantitative estimate of drug-likeness (QED) is 0.868. The molecule has 1 aliphatic rings. The molecule has 0 aliphatic carbocycles. The van der Waals surface area contributed by atoms with Crippen molar-refractivity contribution in [3.8, 4) is 17.2 Å². The molecule has 2 N–H and O–H groups in total. The van der Waals surface area contributed by atoms with Gasteiger partial charge in [-0.05, 0) is 49.4 Å². The normalized spacial score (nSPS) is 16.1. The molecule has 0 bridgehead atoms. The summed E-state index contributed by atoms with van der Waals surface area (Å²) in [5, 5.41) is 6.13. The predicted molar refractivity (Wildman–Crippen MR) is 96.4 cm³/mol. The Morgan fingerprint density at radius 2 is 1.83 bits per heavy atom. The summed E-state index contributed by atoms with van der Waals surface area (Å²) in [6.07, 6.45) is 0.890. The van der Waals surface area contributed by atoms with E-state index in [0.717, 1.165) is 25.2 Å². The SMILES string of the molecule is COc1ccccc1Oc1ccc(NC(=O)C2CCNC2)cc1.Cl. The topological polar surface area (TPSA) is 59.6 Å². The number of ether oxygens (including phenoxy) is 2. The number of halogens is 1. The Labute approximate surface area is 147 Å². The van der Waals surface area contributed by atoms with Crippen LogP contribution in [0.25, 0.3) is 0 Å². The third-order valence-electron chi connectivity index (χ3n) is 3.85. The van der Waals surface area contributed by atoms with E-state index in [1.165, 1.54) is 0 Å². The number of hydrogen-bond donors (Lipinski definition) is 2. The van der Waals surface area contributed by atoms with Crippen LogP contribution in [0.5, 0.6) is 17.2 Å². The molecular formula is C18H21ClN2O3. The lowest BCUT2D eigenvalue weighted by molar-refractivity contribution is -0.119. The Bertz CT molecular complexity index is 670. The molecule has 0 radical (unpaired) electrons. The van der Waals surface area contributed by atoms with E-state index in [0.29, 0.717) is 17.2 Å². The van der Waals surface area contributed by atoms with E-state index in [9.17, 15) is 4.79 Å². The molecule has 0 aromatic heterocycles. The molecule has 128 valence electrons. The number of methoxy groups -OCH3 is 1. The molecule has 1 atom stereocenters. The Hall–Kier alpha value is -2.24. The number of nitrogens with one attached hydrogen (secondary N) is 2. The summed E-state index contributed by atoms with van der Waals surface area (Å²) < 4.78 is 11.1. The fraction of sp³-hybridized carbons (Fsp3) is 0.278. The predicted octanol–water partition coefficient (Wildman–Crippen LogP) is 3.46. The van der Waals surface area contributed by atoms with Crippen LogP contribution in [0.3, 0.4) is 0 Å². The standard InChI is InChI=1S/C18H20N2O3.ClH/c1-22-16-4-2-3-5-17(16)23-15-8-6-14(7-9-15)20-18(21)13-10-11-19-12-13;/h2-9,13,19H,10-12H2,1H3,(H,20,21);1H. The van der Waals surface area contributed by atoms with Crippen molar-refractivity contribution in [3.63, 3.8) is 0 Å². The van der Waals surface area contributed by atoms with Crippen LogP contribution >= 0.6 is 12.4 Å². The van der Waals surface area contributed by atoms with Gasteiger partial charge in [-0.15, -0.1) is 12.4 Å². The Morgan fingerprint density at radius 3 is 2.46 bits per heavy atom. The first-order chi connectivity index (χ1) is 11.3. The second-order valence-electron chi connectivity index (χ2n) is 5.46. The summed E-state index contributed by atoms with van der Waals surface area (Å²) >= 11 is 0. The molecule has 1 amide bonds. The maximum absolute atomic E-state index is 12.1. The molecule has 5 nitrogen and oxygen atoms in total. The number of anilines is 1. The molecule has 1 fully saturated rings. The van der Waals surface area contributed by atoms with E-state index < -0.39 is 0 Å². The highest BCUT2D eigenvalue weighted by atomic mass is 35.5. The van der Waals surface area contributed by atoms with Crippen molar-refractivity contribution in [2.75, 3.05) is 25.5 Å². The van der Waals surface area contributed by atoms with Gasteiger partial charge in [0.05, 0.1) is 13.0 Å². The minimum Gasteiger partial charge on any atom is -0.493 e. The lowest BCUT2D eigenvalue weighted by Crippen LogP contribution is -2.24. The van der Waals surface area contributed by atoms with Crippen LogP contribution < -0.4 is 20.1 Å². The summed E-state index contributed by atoms with van der Waals surface area (Å²) in [6, 6.07) is 14.8. The number of rotatable bonds is 5. The maximum atomic E-state index is 12.1. The van der Waals surface area contributed by atoms with Crippen LogP contribution in [0.4, 0.5) is 5.69 Å². The third kappa shape index (κ3) is 4.40. The van der Waals surface area contributed by atoms with Gasteiger partial charge in [0.15, 0.2) is 11.5 Å². The van der Waals surface area contributed by atoms with Crippen LogP contribution in [0.2, 0.25) is 0 Å². The summed E-state index contributed by atoms with van der Waals surface area (Å²) in [5.74, 6) is 2.14. The minimum absolute atomic E-state index is 0. The van der Waals surface area contributed by atoms with Gasteiger partial charge in [-0.25, -0.2) is 0 Å². The van der Waals surface area contributed by atoms with E-state index in [2.05, 4.69) is 10.6 Å². The van der Waals surface area contributed by atoms with Crippen LogP contribution in [-0.2, 0) is 4.79 Å². The second-order valence-corrected chi connectivity index (χ2v) is 5.46. The lowest BCUT2D eigenvalue weighted by atomic mass is 10.1. The van der Waals surface area contributed by atoms with Crippen molar-refractivity contribution in [3.05, 3.63) is 48.5 Å². The average molecular weight is 349 g/mol. The largest absolute Gasteiger partial charge is 0.493 e. The van der Waals surface area contributed by atoms with Crippen molar-refractivity contribution >= 4 is 24.0 Å². The van der Waals surface area contributed by atoms with E-state index in [4.69, 9.17) is 9.47 Å². The third-order valence-corrected chi connectivity index (χ3v) is 3.85. The van der Waals surface area contributed by atoms with E-state index >= 15 is 0 Å². The summed E-state index contributed by atoms with van der Waals surface area (Å²) in [4.78, 5) is 12.1. The molecule has 1 saturated heterocycles. The van der Waals surface area contributed by atoms with Gasteiger partial charge in [-0.2, -0.15) is 0 Å². The monoisotopic (exact) mass is 348 g/mol. The van der Waals surface area contributed by atoms with Gasteiger partial charge in [0.1, 0.15) is 5.75 Å². The van der Waals surface area contributed by atoms with Crippen LogP contribution in [0.1, 0.15) is 6.42 Å². The molecule has 2 aromatic carbocycles. The van der Waals surface area contributed by atoms with Crippen molar-refractivity contribution < 1.29 is 14.3 Å². The first-order valence-corrected chi connectivity index (χ1v) is 7.69. The lowest BCUT2D eigenvalue weighted by Gasteiger charge is -2.12. The van der Waals surface area contributed by atoms with Crippen LogP contribution in [0, 0.1) is 5.92 Å². The maximum Gasteiger partial charge on any atom is 0.228 e. The summed E-state index contributed by atoms with van der Waals surface area (Å²) in [7, 11) is 1.61. The molecule has 24 heavy (non-hydrogen) atoms. The van der Waals surface area contributed by atoms with E-state index in [-0.39, 0.29) is 24.2 Å². The first-order valence-electron chi connectivity index (χ1n) is 7.69. The van der Waals surface area contributed by atoms with Gasteiger partial charge in [0.25, 0.3) is 0 Å². The highest BCUT2D eigenvalue weighted by Gasteiger charge is 2.22. The number of amides is 1. The zero-order valence-corrected chi connectivity index (χ0v) is 14.3. The number of carbonyl (C=O) groups excluding carboxylic acids is 1. The summed E-state index contributed by atoms with van der Waals surface area (Å²) in [5.41, 5.74) is 0.772. The summed E-state index contributed by atoms with van der Waals surface area (Å²) in [6.45, 7) is 1.66. The Morgan fingerprint density at radius 1 is 1.12 bits per heavy atom. The number of carbonyl (C=O) groups is 1.